The first-order valence-corrected chi connectivity index (χ1v) is 7.29. The van der Waals surface area contributed by atoms with Crippen LogP contribution in [0, 0.1) is 0 Å². The van der Waals surface area contributed by atoms with Gasteiger partial charge in [-0.05, 0) is 26.7 Å². The van der Waals surface area contributed by atoms with Crippen LogP contribution >= 0.6 is 11.8 Å². The number of nitrogens with one attached hydrogen (secondary N) is 1. The molecule has 1 aliphatic heterocycles. The fourth-order valence-corrected chi connectivity index (χ4v) is 3.74. The van der Waals surface area contributed by atoms with Gasteiger partial charge in [0.05, 0.1) is 12.6 Å². The molecule has 1 atom stereocenters. The largest absolute Gasteiger partial charge is 0.380 e. The predicted octanol–water partition coefficient (Wildman–Crippen LogP) is 2.42. The highest BCUT2D eigenvalue weighted by Crippen LogP contribution is 2.37. The normalized spacial score (nSPS) is 27.5. The van der Waals surface area contributed by atoms with Crippen LogP contribution in [0.3, 0.4) is 0 Å². The summed E-state index contributed by atoms with van der Waals surface area (Å²) in [5, 5.41) is 4.76. The van der Waals surface area contributed by atoms with E-state index in [4.69, 9.17) is 4.74 Å². The molecule has 1 heterocycles. The second-order valence-corrected chi connectivity index (χ2v) is 5.81. The molecule has 1 saturated carbocycles. The topological polar surface area (TPSA) is 33.6 Å². The Morgan fingerprint density at radius 3 is 2.94 bits per heavy atom. The molecule has 0 radical (unpaired) electrons. The minimum absolute atomic E-state index is 0.270. The van der Waals surface area contributed by atoms with Crippen molar-refractivity contribution in [1.82, 2.24) is 5.32 Å². The van der Waals surface area contributed by atoms with Gasteiger partial charge in [-0.15, -0.1) is 0 Å². The second kappa shape index (κ2) is 5.41. The molecule has 16 heavy (non-hydrogen) atoms. The molecule has 2 fully saturated rings. The summed E-state index contributed by atoms with van der Waals surface area (Å²) in [5.41, 5.74) is 0.384. The molecule has 3 nitrogen and oxygen atoms in total. The van der Waals surface area contributed by atoms with E-state index in [1.807, 2.05) is 18.7 Å². The van der Waals surface area contributed by atoms with Crippen molar-refractivity contribution in [3.63, 3.8) is 0 Å². The highest BCUT2D eigenvalue weighted by molar-refractivity contribution is 8.14. The van der Waals surface area contributed by atoms with Crippen LogP contribution in [0.25, 0.3) is 0 Å². The van der Waals surface area contributed by atoms with Crippen LogP contribution in [0.2, 0.25) is 0 Å². The van der Waals surface area contributed by atoms with E-state index in [2.05, 4.69) is 17.2 Å². The summed E-state index contributed by atoms with van der Waals surface area (Å²) in [7, 11) is 0. The molecule has 1 unspecified atom stereocenters. The monoisotopic (exact) mass is 242 g/mol. The number of amidine groups is 1. The molecule has 1 saturated heterocycles. The zero-order chi connectivity index (χ0) is 11.4. The Morgan fingerprint density at radius 2 is 2.25 bits per heavy atom. The number of aliphatic imine (C=N–C) groups is 1. The summed E-state index contributed by atoms with van der Waals surface area (Å²) in [4.78, 5) is 4.68. The van der Waals surface area contributed by atoms with Crippen LogP contribution in [-0.2, 0) is 4.74 Å². The molecule has 0 aromatic carbocycles. The Labute approximate surface area is 102 Å². The van der Waals surface area contributed by atoms with Gasteiger partial charge < -0.3 is 10.1 Å². The van der Waals surface area contributed by atoms with Crippen molar-refractivity contribution < 1.29 is 4.74 Å². The maximum Gasteiger partial charge on any atom is 0.157 e. The molecular weight excluding hydrogens is 220 g/mol. The standard InChI is InChI=1S/C12H22N2OS/c1-3-15-8-10(2)13-11-14-12(9-16-11)6-4-5-7-12/h10H,3-9H2,1-2H3,(H,13,14). The first-order chi connectivity index (χ1) is 7.74. The average molecular weight is 242 g/mol. The fourth-order valence-electron chi connectivity index (χ4n) is 2.42. The first-order valence-electron chi connectivity index (χ1n) is 6.31. The molecule has 92 valence electrons. The average Bonchev–Trinajstić information content (AvgIpc) is 2.87. The molecule has 2 aliphatic rings. The summed E-state index contributed by atoms with van der Waals surface area (Å²) in [6.07, 6.45) is 5.38. The Morgan fingerprint density at radius 1 is 1.50 bits per heavy atom. The molecule has 2 rings (SSSR count). The van der Waals surface area contributed by atoms with Crippen LogP contribution < -0.4 is 5.32 Å². The molecule has 0 aromatic heterocycles. The molecule has 1 spiro atoms. The van der Waals surface area contributed by atoms with Crippen LogP contribution in [0.1, 0.15) is 39.5 Å². The minimum Gasteiger partial charge on any atom is -0.380 e. The Balaban J connectivity index is 1.85. The maximum absolute atomic E-state index is 5.38. The number of hydrogen-bond donors (Lipinski definition) is 1. The van der Waals surface area contributed by atoms with E-state index in [1.165, 1.54) is 31.4 Å². The van der Waals surface area contributed by atoms with E-state index in [-0.39, 0.29) is 6.04 Å². The lowest BCUT2D eigenvalue weighted by Gasteiger charge is -2.22. The van der Waals surface area contributed by atoms with E-state index in [9.17, 15) is 0 Å². The quantitative estimate of drug-likeness (QED) is 0.822. The van der Waals surface area contributed by atoms with Gasteiger partial charge in [0, 0.05) is 17.9 Å². The fraction of sp³-hybridized carbons (Fsp3) is 0.917. The smallest absolute Gasteiger partial charge is 0.157 e. The van der Waals surface area contributed by atoms with E-state index >= 15 is 0 Å². The summed E-state index contributed by atoms with van der Waals surface area (Å²) in [6, 6.07) is 0.270. The molecule has 0 amide bonds. The third kappa shape index (κ3) is 2.92. The summed E-state index contributed by atoms with van der Waals surface area (Å²) < 4.78 is 5.38. The zero-order valence-corrected chi connectivity index (χ0v) is 11.1. The van der Waals surface area contributed by atoms with E-state index in [0.29, 0.717) is 5.54 Å². The molecular formula is C12H22N2OS. The van der Waals surface area contributed by atoms with Crippen molar-refractivity contribution in [3.05, 3.63) is 0 Å². The van der Waals surface area contributed by atoms with Gasteiger partial charge in [0.15, 0.2) is 5.17 Å². The van der Waals surface area contributed by atoms with E-state index in [0.717, 1.165) is 18.4 Å². The highest BCUT2D eigenvalue weighted by Gasteiger charge is 2.39. The third-order valence-electron chi connectivity index (χ3n) is 3.32. The number of nitrogens with zero attached hydrogens (tertiary/aromatic N) is 1. The van der Waals surface area contributed by atoms with Crippen LogP contribution in [0.4, 0.5) is 0 Å². The van der Waals surface area contributed by atoms with Crippen molar-refractivity contribution in [2.75, 3.05) is 19.0 Å². The van der Waals surface area contributed by atoms with Gasteiger partial charge in [0.2, 0.25) is 0 Å². The number of ether oxygens (including phenoxy) is 1. The first kappa shape index (κ1) is 12.2. The lowest BCUT2D eigenvalue weighted by atomic mass is 10.0. The highest BCUT2D eigenvalue weighted by atomic mass is 32.2. The Hall–Kier alpha value is -0.220. The predicted molar refractivity (Wildman–Crippen MR) is 70.2 cm³/mol. The van der Waals surface area contributed by atoms with E-state index < -0.39 is 0 Å². The van der Waals surface area contributed by atoms with Crippen molar-refractivity contribution in [2.24, 2.45) is 4.99 Å². The van der Waals surface area contributed by atoms with E-state index in [1.54, 1.807) is 0 Å². The number of thioether (sulfide) groups is 1. The summed E-state index contributed by atoms with van der Waals surface area (Å²) in [5.74, 6) is 1.20. The number of hydrogen-bond acceptors (Lipinski definition) is 3. The van der Waals surface area contributed by atoms with Crippen molar-refractivity contribution in [2.45, 2.75) is 51.1 Å². The number of rotatable bonds is 4. The van der Waals surface area contributed by atoms with Gasteiger partial charge in [-0.1, -0.05) is 24.6 Å². The zero-order valence-electron chi connectivity index (χ0n) is 10.3. The van der Waals surface area contributed by atoms with Crippen molar-refractivity contribution in [1.29, 1.82) is 0 Å². The molecule has 1 N–H and O–H groups in total. The van der Waals surface area contributed by atoms with Gasteiger partial charge >= 0.3 is 0 Å². The van der Waals surface area contributed by atoms with Crippen molar-refractivity contribution >= 4 is 16.9 Å². The molecule has 0 aromatic rings. The van der Waals surface area contributed by atoms with Gasteiger partial charge in [-0.25, -0.2) is 0 Å². The molecule has 0 bridgehead atoms. The minimum atomic E-state index is 0.270. The second-order valence-electron chi connectivity index (χ2n) is 4.84. The third-order valence-corrected chi connectivity index (χ3v) is 4.50. The lowest BCUT2D eigenvalue weighted by Crippen LogP contribution is -2.41. The van der Waals surface area contributed by atoms with Crippen LogP contribution in [0.15, 0.2) is 4.99 Å². The SMILES string of the molecule is CCOCC(C)N=C1NC2(CCCC2)CS1. The maximum atomic E-state index is 5.38. The Bertz CT molecular complexity index is 262. The van der Waals surface area contributed by atoms with Gasteiger partial charge in [-0.3, -0.25) is 4.99 Å². The molecule has 4 heteroatoms. The van der Waals surface area contributed by atoms with Gasteiger partial charge in [0.25, 0.3) is 0 Å². The van der Waals surface area contributed by atoms with Gasteiger partial charge in [0.1, 0.15) is 0 Å². The summed E-state index contributed by atoms with van der Waals surface area (Å²) in [6.45, 7) is 5.65. The Kier molecular flexibility index (Phi) is 4.14. The van der Waals surface area contributed by atoms with Crippen LogP contribution in [-0.4, -0.2) is 35.7 Å². The van der Waals surface area contributed by atoms with Crippen molar-refractivity contribution in [3.8, 4) is 0 Å². The summed E-state index contributed by atoms with van der Waals surface area (Å²) >= 11 is 1.88. The lowest BCUT2D eigenvalue weighted by molar-refractivity contribution is 0.137. The van der Waals surface area contributed by atoms with Gasteiger partial charge in [-0.2, -0.15) is 0 Å². The molecule has 1 aliphatic carbocycles. The van der Waals surface area contributed by atoms with Crippen LogP contribution in [0.5, 0.6) is 0 Å².